The van der Waals surface area contributed by atoms with Crippen molar-refractivity contribution in [2.75, 3.05) is 13.1 Å². The maximum absolute atomic E-state index is 8.93. The van der Waals surface area contributed by atoms with Gasteiger partial charge in [-0.3, -0.25) is 4.90 Å². The van der Waals surface area contributed by atoms with Gasteiger partial charge in [-0.2, -0.15) is 5.26 Å². The summed E-state index contributed by atoms with van der Waals surface area (Å²) in [6.07, 6.45) is 4.72. The van der Waals surface area contributed by atoms with Crippen molar-refractivity contribution in [3.63, 3.8) is 0 Å². The molecular formula is C22H29N3O. The average molecular weight is 351 g/mol. The van der Waals surface area contributed by atoms with E-state index >= 15 is 0 Å². The van der Waals surface area contributed by atoms with Crippen LogP contribution in [0.5, 0.6) is 11.6 Å². The highest BCUT2D eigenvalue weighted by molar-refractivity contribution is 5.27. The highest BCUT2D eigenvalue weighted by Crippen LogP contribution is 2.34. The van der Waals surface area contributed by atoms with Gasteiger partial charge in [-0.05, 0) is 49.0 Å². The third-order valence-corrected chi connectivity index (χ3v) is 4.74. The van der Waals surface area contributed by atoms with Gasteiger partial charge in [-0.15, -0.1) is 0 Å². The molecule has 1 saturated heterocycles. The second kappa shape index (κ2) is 9.94. The molecule has 0 saturated carbocycles. The normalized spacial score (nSPS) is 16.1. The Labute approximate surface area is 157 Å². The third-order valence-electron chi connectivity index (χ3n) is 4.74. The van der Waals surface area contributed by atoms with Crippen molar-refractivity contribution < 1.29 is 4.74 Å². The standard InChI is InChI=1S/C20H23N3O.C2H6/c1-20(9-12-21)10-13-23(14-11-20)16-17-7-8-19(22-15-17)24-18-5-3-2-4-6-18;1-2/h2-8,15H,9-11,13-14,16H2,1H3;1-2H3. The zero-order chi connectivity index (χ0) is 18.8. The number of nitriles is 1. The van der Waals surface area contributed by atoms with Crippen LogP contribution in [0.4, 0.5) is 0 Å². The minimum atomic E-state index is 0.191. The van der Waals surface area contributed by atoms with Gasteiger partial charge in [0.25, 0.3) is 0 Å². The first kappa shape index (κ1) is 19.9. The minimum absolute atomic E-state index is 0.191. The van der Waals surface area contributed by atoms with Crippen LogP contribution in [-0.4, -0.2) is 23.0 Å². The van der Waals surface area contributed by atoms with Gasteiger partial charge in [0.05, 0.1) is 6.07 Å². The summed E-state index contributed by atoms with van der Waals surface area (Å²) in [6.45, 7) is 9.22. The zero-order valence-corrected chi connectivity index (χ0v) is 16.1. The highest BCUT2D eigenvalue weighted by Gasteiger charge is 2.29. The fraction of sp³-hybridized carbons (Fsp3) is 0.455. The van der Waals surface area contributed by atoms with Crippen LogP contribution in [0.25, 0.3) is 0 Å². The molecule has 0 aliphatic carbocycles. The van der Waals surface area contributed by atoms with Crippen LogP contribution >= 0.6 is 0 Å². The van der Waals surface area contributed by atoms with Crippen LogP contribution in [0.2, 0.25) is 0 Å². The average Bonchev–Trinajstić information content (AvgIpc) is 2.68. The molecule has 0 unspecified atom stereocenters. The number of ether oxygens (including phenoxy) is 1. The first-order chi connectivity index (χ1) is 12.7. The van der Waals surface area contributed by atoms with Crippen molar-refractivity contribution in [2.24, 2.45) is 5.41 Å². The summed E-state index contributed by atoms with van der Waals surface area (Å²) < 4.78 is 5.72. The second-order valence-electron chi connectivity index (χ2n) is 6.84. The fourth-order valence-corrected chi connectivity index (χ4v) is 3.05. The summed E-state index contributed by atoms with van der Waals surface area (Å²) in [7, 11) is 0. The summed E-state index contributed by atoms with van der Waals surface area (Å²) >= 11 is 0. The molecule has 0 bridgehead atoms. The minimum Gasteiger partial charge on any atom is -0.439 e. The summed E-state index contributed by atoms with van der Waals surface area (Å²) in [6, 6.07) is 16.0. The number of aromatic nitrogens is 1. The van der Waals surface area contributed by atoms with E-state index in [1.54, 1.807) is 0 Å². The number of likely N-dealkylation sites (tertiary alicyclic amines) is 1. The Hall–Kier alpha value is -2.38. The molecular weight excluding hydrogens is 322 g/mol. The molecule has 3 rings (SSSR count). The molecule has 4 nitrogen and oxygen atoms in total. The number of piperidine rings is 1. The van der Waals surface area contributed by atoms with Gasteiger partial charge in [-0.1, -0.05) is 45.0 Å². The Morgan fingerprint density at radius 1 is 1.12 bits per heavy atom. The van der Waals surface area contributed by atoms with E-state index in [-0.39, 0.29) is 5.41 Å². The lowest BCUT2D eigenvalue weighted by Gasteiger charge is -2.38. The lowest BCUT2D eigenvalue weighted by molar-refractivity contribution is 0.116. The summed E-state index contributed by atoms with van der Waals surface area (Å²) in [5, 5.41) is 8.93. The monoisotopic (exact) mass is 351 g/mol. The van der Waals surface area contributed by atoms with Gasteiger partial charge in [0, 0.05) is 25.2 Å². The molecule has 0 N–H and O–H groups in total. The first-order valence-corrected chi connectivity index (χ1v) is 9.44. The van der Waals surface area contributed by atoms with Gasteiger partial charge >= 0.3 is 0 Å². The molecule has 0 spiro atoms. The van der Waals surface area contributed by atoms with Crippen LogP contribution < -0.4 is 4.74 Å². The SMILES string of the molecule is CC.CC1(CC#N)CCN(Cc2ccc(Oc3ccccc3)nc2)CC1. The molecule has 0 atom stereocenters. The molecule has 1 aromatic heterocycles. The number of para-hydroxylation sites is 1. The van der Waals surface area contributed by atoms with Crippen molar-refractivity contribution in [1.29, 1.82) is 5.26 Å². The number of nitrogens with zero attached hydrogens (tertiary/aromatic N) is 3. The number of benzene rings is 1. The lowest BCUT2D eigenvalue weighted by Crippen LogP contribution is -2.38. The van der Waals surface area contributed by atoms with Crippen molar-refractivity contribution in [3.8, 4) is 17.7 Å². The Bertz CT molecular complexity index is 684. The maximum Gasteiger partial charge on any atom is 0.219 e. The van der Waals surface area contributed by atoms with Crippen LogP contribution in [0.1, 0.15) is 45.6 Å². The largest absolute Gasteiger partial charge is 0.439 e. The van der Waals surface area contributed by atoms with Gasteiger partial charge < -0.3 is 4.74 Å². The molecule has 2 heterocycles. The molecule has 2 aromatic rings. The molecule has 26 heavy (non-hydrogen) atoms. The van der Waals surface area contributed by atoms with Crippen LogP contribution in [0, 0.1) is 16.7 Å². The van der Waals surface area contributed by atoms with Crippen molar-refractivity contribution in [1.82, 2.24) is 9.88 Å². The molecule has 0 radical (unpaired) electrons. The van der Waals surface area contributed by atoms with Crippen LogP contribution in [-0.2, 0) is 6.54 Å². The Kier molecular flexibility index (Phi) is 7.62. The van der Waals surface area contributed by atoms with E-state index < -0.39 is 0 Å². The Morgan fingerprint density at radius 3 is 2.38 bits per heavy atom. The molecule has 1 aliphatic rings. The van der Waals surface area contributed by atoms with E-state index in [4.69, 9.17) is 10.00 Å². The number of pyridine rings is 1. The number of hydrogen-bond acceptors (Lipinski definition) is 4. The summed E-state index contributed by atoms with van der Waals surface area (Å²) in [4.78, 5) is 6.84. The quantitative estimate of drug-likeness (QED) is 0.722. The molecule has 1 fully saturated rings. The van der Waals surface area contributed by atoms with Crippen molar-refractivity contribution in [3.05, 3.63) is 54.2 Å². The third kappa shape index (κ3) is 5.86. The van der Waals surface area contributed by atoms with E-state index in [0.717, 1.165) is 38.2 Å². The molecule has 1 aromatic carbocycles. The zero-order valence-electron chi connectivity index (χ0n) is 16.1. The summed E-state index contributed by atoms with van der Waals surface area (Å²) in [5.74, 6) is 1.41. The predicted molar refractivity (Wildman–Crippen MR) is 105 cm³/mol. The van der Waals surface area contributed by atoms with Crippen molar-refractivity contribution in [2.45, 2.75) is 46.6 Å². The molecule has 138 valence electrons. The molecule has 0 amide bonds. The topological polar surface area (TPSA) is 49.2 Å². The molecule has 1 aliphatic heterocycles. The predicted octanol–water partition coefficient (Wildman–Crippen LogP) is 5.42. The van der Waals surface area contributed by atoms with E-state index in [0.29, 0.717) is 12.3 Å². The Morgan fingerprint density at radius 2 is 1.81 bits per heavy atom. The van der Waals surface area contributed by atoms with E-state index in [1.165, 1.54) is 5.56 Å². The Balaban J connectivity index is 0.00000117. The van der Waals surface area contributed by atoms with Crippen LogP contribution in [0.3, 0.4) is 0 Å². The summed E-state index contributed by atoms with van der Waals surface area (Å²) in [5.41, 5.74) is 1.39. The highest BCUT2D eigenvalue weighted by atomic mass is 16.5. The first-order valence-electron chi connectivity index (χ1n) is 9.44. The van der Waals surface area contributed by atoms with E-state index in [1.807, 2.05) is 56.4 Å². The van der Waals surface area contributed by atoms with Gasteiger partial charge in [-0.25, -0.2) is 4.98 Å². The smallest absolute Gasteiger partial charge is 0.219 e. The van der Waals surface area contributed by atoms with Gasteiger partial charge in [0.1, 0.15) is 5.75 Å². The lowest BCUT2D eigenvalue weighted by atomic mass is 9.78. The van der Waals surface area contributed by atoms with Gasteiger partial charge in [0.2, 0.25) is 5.88 Å². The fourth-order valence-electron chi connectivity index (χ4n) is 3.05. The van der Waals surface area contributed by atoms with E-state index in [9.17, 15) is 0 Å². The van der Waals surface area contributed by atoms with Crippen LogP contribution in [0.15, 0.2) is 48.7 Å². The van der Waals surface area contributed by atoms with E-state index in [2.05, 4.69) is 28.9 Å². The second-order valence-corrected chi connectivity index (χ2v) is 6.84. The number of hydrogen-bond donors (Lipinski definition) is 0. The van der Waals surface area contributed by atoms with Crippen molar-refractivity contribution >= 4 is 0 Å². The maximum atomic E-state index is 8.93. The number of rotatable bonds is 5. The van der Waals surface area contributed by atoms with Gasteiger partial charge in [0.15, 0.2) is 0 Å². The molecule has 4 heteroatoms.